The van der Waals surface area contributed by atoms with Crippen molar-refractivity contribution in [3.63, 3.8) is 0 Å². The van der Waals surface area contributed by atoms with Gasteiger partial charge in [-0.3, -0.25) is 4.79 Å². The molecule has 0 aromatic heterocycles. The van der Waals surface area contributed by atoms with E-state index in [1.165, 1.54) is 0 Å². The summed E-state index contributed by atoms with van der Waals surface area (Å²) < 4.78 is 5.14. The third-order valence-corrected chi connectivity index (χ3v) is 4.70. The maximum Gasteiger partial charge on any atom is 0.231 e. The third-order valence-electron chi connectivity index (χ3n) is 4.33. The zero-order valence-electron chi connectivity index (χ0n) is 11.6. The Labute approximate surface area is 124 Å². The number of hydrogen-bond acceptors (Lipinski definition) is 4. The summed E-state index contributed by atoms with van der Waals surface area (Å²) in [7, 11) is 1.66. The zero-order valence-corrected chi connectivity index (χ0v) is 12.5. The second-order valence-electron chi connectivity index (χ2n) is 5.71. The van der Waals surface area contributed by atoms with Gasteiger partial charge in [0, 0.05) is 13.1 Å². The fourth-order valence-electron chi connectivity index (χ4n) is 3.19. The molecule has 0 aliphatic carbocycles. The first kappa shape index (κ1) is 13.8. The molecular weight excluding hydrogens is 272 g/mol. The quantitative estimate of drug-likeness (QED) is 0.658. The number of amides is 1. The molecular formula is C15H20N2O2S. The Morgan fingerprint density at radius 1 is 1.45 bits per heavy atom. The van der Waals surface area contributed by atoms with Gasteiger partial charge in [0.1, 0.15) is 5.75 Å². The summed E-state index contributed by atoms with van der Waals surface area (Å²) in [5.74, 6) is 1.13. The molecule has 4 nitrogen and oxygen atoms in total. The van der Waals surface area contributed by atoms with Gasteiger partial charge in [-0.15, -0.1) is 0 Å². The molecule has 108 valence electrons. The van der Waals surface area contributed by atoms with Crippen LogP contribution in [0.1, 0.15) is 18.4 Å². The fraction of sp³-hybridized carbons (Fsp3) is 0.533. The van der Waals surface area contributed by atoms with Crippen molar-refractivity contribution in [2.45, 2.75) is 24.8 Å². The second-order valence-corrected chi connectivity index (χ2v) is 6.34. The van der Waals surface area contributed by atoms with Crippen LogP contribution in [0.5, 0.6) is 5.75 Å². The number of methoxy groups -OCH3 is 1. The average Bonchev–Trinajstić information content (AvgIpc) is 2.47. The largest absolute Gasteiger partial charge is 0.497 e. The zero-order chi connectivity index (χ0) is 14.2. The topological polar surface area (TPSA) is 41.6 Å². The van der Waals surface area contributed by atoms with Crippen molar-refractivity contribution in [2.24, 2.45) is 5.41 Å². The lowest BCUT2D eigenvalue weighted by Crippen LogP contribution is -2.64. The first-order valence-electron chi connectivity index (χ1n) is 6.97. The van der Waals surface area contributed by atoms with Crippen LogP contribution < -0.4 is 10.1 Å². The smallest absolute Gasteiger partial charge is 0.231 e. The number of β-lactam (4-membered cyclic amide) rings is 1. The Morgan fingerprint density at radius 2 is 2.20 bits per heavy atom. The molecule has 0 bridgehead atoms. The van der Waals surface area contributed by atoms with Crippen LogP contribution in [-0.2, 0) is 11.3 Å². The molecule has 2 unspecified atom stereocenters. The Balaban J connectivity index is 1.62. The van der Waals surface area contributed by atoms with E-state index in [0.717, 1.165) is 37.2 Å². The Bertz CT molecular complexity index is 505. The normalized spacial score (nSPS) is 29.4. The molecule has 2 atom stereocenters. The van der Waals surface area contributed by atoms with E-state index in [0.29, 0.717) is 6.54 Å². The third kappa shape index (κ3) is 2.40. The summed E-state index contributed by atoms with van der Waals surface area (Å²) >= 11 is 4.46. The number of thiol groups is 1. The maximum absolute atomic E-state index is 12.5. The molecule has 1 aromatic rings. The molecule has 1 aromatic carbocycles. The van der Waals surface area contributed by atoms with Gasteiger partial charge >= 0.3 is 0 Å². The number of piperidine rings is 1. The second kappa shape index (κ2) is 5.30. The molecule has 3 rings (SSSR count). The van der Waals surface area contributed by atoms with Gasteiger partial charge in [0.25, 0.3) is 0 Å². The first-order valence-corrected chi connectivity index (χ1v) is 7.48. The van der Waals surface area contributed by atoms with E-state index in [2.05, 4.69) is 17.9 Å². The summed E-state index contributed by atoms with van der Waals surface area (Å²) in [6.45, 7) is 2.43. The minimum absolute atomic E-state index is 0.149. The first-order chi connectivity index (χ1) is 9.63. The molecule has 0 saturated carbocycles. The molecule has 2 aliphatic rings. The van der Waals surface area contributed by atoms with Crippen LogP contribution in [0.2, 0.25) is 0 Å². The molecule has 2 fully saturated rings. The number of carbonyl (C=O) groups excluding carboxylic acids is 1. The number of nitrogens with one attached hydrogen (secondary N) is 1. The molecule has 0 radical (unpaired) electrons. The van der Waals surface area contributed by atoms with Gasteiger partial charge in [-0.1, -0.05) is 12.1 Å². The maximum atomic E-state index is 12.5. The van der Waals surface area contributed by atoms with Crippen LogP contribution in [0.3, 0.4) is 0 Å². The number of likely N-dealkylation sites (tertiary alicyclic amines) is 1. The minimum atomic E-state index is -0.149. The van der Waals surface area contributed by atoms with E-state index in [4.69, 9.17) is 4.74 Å². The van der Waals surface area contributed by atoms with E-state index in [-0.39, 0.29) is 16.7 Å². The van der Waals surface area contributed by atoms with Gasteiger partial charge in [-0.25, -0.2) is 0 Å². The van der Waals surface area contributed by atoms with Crippen molar-refractivity contribution in [1.82, 2.24) is 10.2 Å². The Hall–Kier alpha value is -1.20. The van der Waals surface area contributed by atoms with Crippen LogP contribution in [0, 0.1) is 5.41 Å². The van der Waals surface area contributed by atoms with Crippen LogP contribution in [-0.4, -0.2) is 36.4 Å². The van der Waals surface area contributed by atoms with Crippen molar-refractivity contribution < 1.29 is 9.53 Å². The van der Waals surface area contributed by atoms with Gasteiger partial charge in [-0.2, -0.15) is 12.6 Å². The summed E-state index contributed by atoms with van der Waals surface area (Å²) in [5, 5.41) is 3.43. The monoisotopic (exact) mass is 292 g/mol. The van der Waals surface area contributed by atoms with Gasteiger partial charge in [0.05, 0.1) is 17.9 Å². The van der Waals surface area contributed by atoms with Crippen LogP contribution in [0.4, 0.5) is 0 Å². The fourth-order valence-corrected chi connectivity index (χ4v) is 3.67. The Kier molecular flexibility index (Phi) is 3.65. The van der Waals surface area contributed by atoms with Gasteiger partial charge < -0.3 is 15.0 Å². The number of benzene rings is 1. The van der Waals surface area contributed by atoms with Crippen molar-refractivity contribution in [1.29, 1.82) is 0 Å². The molecule has 1 N–H and O–H groups in total. The highest BCUT2D eigenvalue weighted by molar-refractivity contribution is 7.80. The van der Waals surface area contributed by atoms with E-state index in [9.17, 15) is 4.79 Å². The highest BCUT2D eigenvalue weighted by atomic mass is 32.1. The lowest BCUT2D eigenvalue weighted by atomic mass is 9.71. The highest BCUT2D eigenvalue weighted by Crippen LogP contribution is 2.42. The van der Waals surface area contributed by atoms with E-state index in [1.54, 1.807) is 7.11 Å². The number of carbonyl (C=O) groups is 1. The van der Waals surface area contributed by atoms with Gasteiger partial charge in [0.15, 0.2) is 0 Å². The molecule has 1 spiro atoms. The summed E-state index contributed by atoms with van der Waals surface area (Å²) in [5.41, 5.74) is 0.995. The lowest BCUT2D eigenvalue weighted by molar-refractivity contribution is -0.164. The van der Waals surface area contributed by atoms with Crippen LogP contribution in [0.25, 0.3) is 0 Å². The molecule has 20 heavy (non-hydrogen) atoms. The average molecular weight is 292 g/mol. The van der Waals surface area contributed by atoms with Crippen LogP contribution in [0.15, 0.2) is 24.3 Å². The predicted octanol–water partition coefficient (Wildman–Crippen LogP) is 1.66. The molecule has 2 saturated heterocycles. The van der Waals surface area contributed by atoms with Crippen molar-refractivity contribution >= 4 is 18.5 Å². The number of hydrogen-bond donors (Lipinski definition) is 2. The summed E-state index contributed by atoms with van der Waals surface area (Å²) in [4.78, 5) is 14.4. The van der Waals surface area contributed by atoms with Crippen LogP contribution >= 0.6 is 12.6 Å². The highest BCUT2D eigenvalue weighted by Gasteiger charge is 2.53. The molecule has 2 heterocycles. The minimum Gasteiger partial charge on any atom is -0.497 e. The van der Waals surface area contributed by atoms with Crippen molar-refractivity contribution in [2.75, 3.05) is 20.2 Å². The van der Waals surface area contributed by atoms with E-state index in [1.807, 2.05) is 29.2 Å². The predicted molar refractivity (Wildman–Crippen MR) is 80.9 cm³/mol. The van der Waals surface area contributed by atoms with Crippen molar-refractivity contribution in [3.8, 4) is 5.75 Å². The van der Waals surface area contributed by atoms with Gasteiger partial charge in [-0.05, 0) is 37.1 Å². The summed E-state index contributed by atoms with van der Waals surface area (Å²) in [6, 6.07) is 7.90. The number of nitrogens with zero attached hydrogens (tertiary/aromatic N) is 1. The molecule has 2 aliphatic heterocycles. The number of ether oxygens (including phenoxy) is 1. The SMILES string of the molecule is COc1ccc(CN2CC3(CCNC(S)C3)C2=O)cc1. The van der Waals surface area contributed by atoms with E-state index < -0.39 is 0 Å². The molecule has 1 amide bonds. The van der Waals surface area contributed by atoms with Gasteiger partial charge in [0.2, 0.25) is 5.91 Å². The summed E-state index contributed by atoms with van der Waals surface area (Å²) in [6.07, 6.45) is 1.77. The van der Waals surface area contributed by atoms with Crippen molar-refractivity contribution in [3.05, 3.63) is 29.8 Å². The Morgan fingerprint density at radius 3 is 2.80 bits per heavy atom. The standard InChI is InChI=1S/C15H20N2O2S/c1-19-12-4-2-11(3-5-12)9-17-10-15(14(17)18)6-7-16-13(20)8-15/h2-5,13,16,20H,6-10H2,1H3. The van der Waals surface area contributed by atoms with E-state index >= 15 is 0 Å². The lowest BCUT2D eigenvalue weighted by Gasteiger charge is -2.52. The number of rotatable bonds is 3. The molecule has 5 heteroatoms.